The van der Waals surface area contributed by atoms with E-state index in [-0.39, 0.29) is 11.9 Å². The highest BCUT2D eigenvalue weighted by Gasteiger charge is 2.30. The van der Waals surface area contributed by atoms with Gasteiger partial charge < -0.3 is 10.6 Å². The first-order chi connectivity index (χ1) is 11.7. The third-order valence-corrected chi connectivity index (χ3v) is 4.92. The van der Waals surface area contributed by atoms with Gasteiger partial charge in [-0.3, -0.25) is 9.69 Å². The number of pyridine rings is 1. The maximum atomic E-state index is 12.2. The summed E-state index contributed by atoms with van der Waals surface area (Å²) in [6, 6.07) is 10.2. The van der Waals surface area contributed by atoms with Crippen LogP contribution in [0.2, 0.25) is 5.02 Å². The van der Waals surface area contributed by atoms with E-state index >= 15 is 0 Å². The highest BCUT2D eigenvalue weighted by Crippen LogP contribution is 2.22. The SMILES string of the molecule is O=C(NC1CC1)[C@H]1CN(Cc2ccc3cccc(Cl)c3n2)CCN1. The van der Waals surface area contributed by atoms with E-state index in [2.05, 4.69) is 21.6 Å². The predicted molar refractivity (Wildman–Crippen MR) is 95.0 cm³/mol. The first-order valence-corrected chi connectivity index (χ1v) is 8.87. The Balaban J connectivity index is 1.44. The van der Waals surface area contributed by atoms with Gasteiger partial charge in [-0.2, -0.15) is 0 Å². The second-order valence-corrected chi connectivity index (χ2v) is 7.05. The first kappa shape index (κ1) is 15.8. The number of aromatic nitrogens is 1. The summed E-state index contributed by atoms with van der Waals surface area (Å²) in [4.78, 5) is 19.2. The minimum atomic E-state index is -0.136. The van der Waals surface area contributed by atoms with Crippen molar-refractivity contribution in [2.75, 3.05) is 19.6 Å². The molecule has 0 unspecified atom stereocenters. The zero-order valence-corrected chi connectivity index (χ0v) is 14.2. The van der Waals surface area contributed by atoms with Gasteiger partial charge in [0, 0.05) is 37.6 Å². The van der Waals surface area contributed by atoms with Crippen molar-refractivity contribution in [1.29, 1.82) is 0 Å². The molecule has 6 heteroatoms. The predicted octanol–water partition coefficient (Wildman–Crippen LogP) is 1.94. The van der Waals surface area contributed by atoms with Crippen LogP contribution in [-0.4, -0.2) is 47.5 Å². The Labute approximate surface area is 146 Å². The van der Waals surface area contributed by atoms with Gasteiger partial charge in [0.25, 0.3) is 0 Å². The fourth-order valence-corrected chi connectivity index (χ4v) is 3.35. The van der Waals surface area contributed by atoms with Crippen molar-refractivity contribution in [1.82, 2.24) is 20.5 Å². The summed E-state index contributed by atoms with van der Waals surface area (Å²) >= 11 is 6.25. The number of fused-ring (bicyclic) bond motifs is 1. The van der Waals surface area contributed by atoms with Gasteiger partial charge in [0.2, 0.25) is 5.91 Å². The Morgan fingerprint density at radius 1 is 1.33 bits per heavy atom. The molecule has 2 aliphatic rings. The number of amides is 1. The van der Waals surface area contributed by atoms with Crippen LogP contribution in [0.1, 0.15) is 18.5 Å². The lowest BCUT2D eigenvalue weighted by Gasteiger charge is -2.32. The first-order valence-electron chi connectivity index (χ1n) is 8.49. The van der Waals surface area contributed by atoms with E-state index in [0.29, 0.717) is 17.6 Å². The molecule has 2 N–H and O–H groups in total. The number of halogens is 1. The molecule has 0 bridgehead atoms. The number of carbonyl (C=O) groups excluding carboxylic acids is 1. The number of hydrogen-bond acceptors (Lipinski definition) is 4. The molecule has 1 aliphatic carbocycles. The zero-order valence-electron chi connectivity index (χ0n) is 13.5. The molecule has 1 amide bonds. The van der Waals surface area contributed by atoms with E-state index in [0.717, 1.165) is 49.1 Å². The molecule has 1 saturated heterocycles. The van der Waals surface area contributed by atoms with Gasteiger partial charge in [0.05, 0.1) is 22.3 Å². The second-order valence-electron chi connectivity index (χ2n) is 6.64. The Morgan fingerprint density at radius 3 is 3.04 bits per heavy atom. The fraction of sp³-hybridized carbons (Fsp3) is 0.444. The number of nitrogens with one attached hydrogen (secondary N) is 2. The molecule has 2 fully saturated rings. The number of hydrogen-bond donors (Lipinski definition) is 2. The normalized spacial score (nSPS) is 21.8. The molecule has 24 heavy (non-hydrogen) atoms. The van der Waals surface area contributed by atoms with E-state index in [9.17, 15) is 4.79 Å². The van der Waals surface area contributed by atoms with E-state index in [1.807, 2.05) is 24.3 Å². The largest absolute Gasteiger partial charge is 0.352 e. The minimum Gasteiger partial charge on any atom is -0.352 e. The summed E-state index contributed by atoms with van der Waals surface area (Å²) in [5.41, 5.74) is 1.83. The number of para-hydroxylation sites is 1. The highest BCUT2D eigenvalue weighted by atomic mass is 35.5. The van der Waals surface area contributed by atoms with Gasteiger partial charge >= 0.3 is 0 Å². The number of nitrogens with zero attached hydrogens (tertiary/aromatic N) is 2. The molecule has 1 atom stereocenters. The molecule has 1 aromatic carbocycles. The third-order valence-electron chi connectivity index (χ3n) is 4.61. The molecular formula is C18H21ClN4O. The van der Waals surface area contributed by atoms with Gasteiger partial charge in [-0.05, 0) is 25.0 Å². The maximum absolute atomic E-state index is 12.2. The second kappa shape index (κ2) is 6.67. The maximum Gasteiger partial charge on any atom is 0.238 e. The van der Waals surface area contributed by atoms with Crippen LogP contribution < -0.4 is 10.6 Å². The molecule has 1 aliphatic heterocycles. The smallest absolute Gasteiger partial charge is 0.238 e. The number of benzene rings is 1. The Hall–Kier alpha value is -1.69. The van der Waals surface area contributed by atoms with Crippen molar-refractivity contribution in [2.45, 2.75) is 31.5 Å². The average Bonchev–Trinajstić information content (AvgIpc) is 3.40. The quantitative estimate of drug-likeness (QED) is 0.890. The summed E-state index contributed by atoms with van der Waals surface area (Å²) in [6.45, 7) is 3.17. The van der Waals surface area contributed by atoms with Crippen LogP contribution in [0, 0.1) is 0 Å². The number of rotatable bonds is 4. The summed E-state index contributed by atoms with van der Waals surface area (Å²) in [7, 11) is 0. The molecule has 1 saturated carbocycles. The standard InChI is InChI=1S/C18H21ClN4O/c19-15-3-1-2-12-4-5-14(21-17(12)15)10-23-9-8-20-16(11-23)18(24)22-13-6-7-13/h1-5,13,16,20H,6-11H2,(H,22,24)/t16-/m1/s1. The molecule has 2 aromatic rings. The van der Waals surface area contributed by atoms with Crippen molar-refractivity contribution in [2.24, 2.45) is 0 Å². The Kier molecular flexibility index (Phi) is 4.39. The Bertz CT molecular complexity index is 762. The number of piperazine rings is 1. The third kappa shape index (κ3) is 3.53. The lowest BCUT2D eigenvalue weighted by Crippen LogP contribution is -2.57. The van der Waals surface area contributed by atoms with Crippen molar-refractivity contribution < 1.29 is 4.79 Å². The summed E-state index contributed by atoms with van der Waals surface area (Å²) < 4.78 is 0. The molecule has 1 aromatic heterocycles. The van der Waals surface area contributed by atoms with Crippen LogP contribution in [0.25, 0.3) is 10.9 Å². The summed E-state index contributed by atoms with van der Waals surface area (Å²) in [5, 5.41) is 8.12. The molecule has 4 rings (SSSR count). The molecule has 2 heterocycles. The van der Waals surface area contributed by atoms with Gasteiger partial charge in [-0.1, -0.05) is 29.8 Å². The van der Waals surface area contributed by atoms with Crippen LogP contribution in [0.4, 0.5) is 0 Å². The monoisotopic (exact) mass is 344 g/mol. The number of carbonyl (C=O) groups is 1. The van der Waals surface area contributed by atoms with Crippen molar-refractivity contribution in [3.8, 4) is 0 Å². The van der Waals surface area contributed by atoms with Gasteiger partial charge in [-0.25, -0.2) is 4.98 Å². The molecular weight excluding hydrogens is 324 g/mol. The van der Waals surface area contributed by atoms with Crippen molar-refractivity contribution >= 4 is 28.4 Å². The van der Waals surface area contributed by atoms with Crippen LogP contribution in [0.15, 0.2) is 30.3 Å². The average molecular weight is 345 g/mol. The van der Waals surface area contributed by atoms with E-state index in [4.69, 9.17) is 16.6 Å². The van der Waals surface area contributed by atoms with Crippen LogP contribution in [0.3, 0.4) is 0 Å². The van der Waals surface area contributed by atoms with E-state index in [1.165, 1.54) is 0 Å². The minimum absolute atomic E-state index is 0.122. The van der Waals surface area contributed by atoms with Crippen LogP contribution in [-0.2, 0) is 11.3 Å². The Morgan fingerprint density at radius 2 is 2.21 bits per heavy atom. The molecule has 0 radical (unpaired) electrons. The summed E-state index contributed by atoms with van der Waals surface area (Å²) in [6.07, 6.45) is 2.23. The highest BCUT2D eigenvalue weighted by molar-refractivity contribution is 6.35. The van der Waals surface area contributed by atoms with Gasteiger partial charge in [0.15, 0.2) is 0 Å². The van der Waals surface area contributed by atoms with E-state index in [1.54, 1.807) is 0 Å². The zero-order chi connectivity index (χ0) is 16.5. The van der Waals surface area contributed by atoms with E-state index < -0.39 is 0 Å². The fourth-order valence-electron chi connectivity index (χ4n) is 3.13. The van der Waals surface area contributed by atoms with Gasteiger partial charge in [0.1, 0.15) is 0 Å². The van der Waals surface area contributed by atoms with Crippen LogP contribution in [0.5, 0.6) is 0 Å². The van der Waals surface area contributed by atoms with Crippen LogP contribution >= 0.6 is 11.6 Å². The van der Waals surface area contributed by atoms with Crippen molar-refractivity contribution in [3.05, 3.63) is 41.0 Å². The van der Waals surface area contributed by atoms with Gasteiger partial charge in [-0.15, -0.1) is 0 Å². The molecule has 0 spiro atoms. The molecule has 126 valence electrons. The topological polar surface area (TPSA) is 57.3 Å². The van der Waals surface area contributed by atoms with Crippen molar-refractivity contribution in [3.63, 3.8) is 0 Å². The summed E-state index contributed by atoms with van der Waals surface area (Å²) in [5.74, 6) is 0.122. The lowest BCUT2D eigenvalue weighted by molar-refractivity contribution is -0.124. The lowest BCUT2D eigenvalue weighted by atomic mass is 10.1. The molecule has 5 nitrogen and oxygen atoms in total.